The zero-order valence-corrected chi connectivity index (χ0v) is 10.6. The van der Waals surface area contributed by atoms with Crippen molar-refractivity contribution >= 4 is 5.96 Å². The van der Waals surface area contributed by atoms with Gasteiger partial charge in [-0.1, -0.05) is 30.3 Å². The first-order chi connectivity index (χ1) is 8.36. The Hall–Kier alpha value is -1.55. The number of aliphatic imine (C=N–C) groups is 1. The van der Waals surface area contributed by atoms with Gasteiger partial charge in [-0.05, 0) is 12.0 Å². The minimum atomic E-state index is 0.767. The maximum atomic E-state index is 4.99. The topological polar surface area (TPSA) is 45.7 Å². The van der Waals surface area contributed by atoms with Gasteiger partial charge in [0.15, 0.2) is 5.96 Å². The van der Waals surface area contributed by atoms with Crippen molar-refractivity contribution in [2.75, 3.05) is 27.3 Å². The highest BCUT2D eigenvalue weighted by atomic mass is 16.5. The molecule has 17 heavy (non-hydrogen) atoms. The lowest BCUT2D eigenvalue weighted by Crippen LogP contribution is -2.37. The molecule has 0 fully saturated rings. The number of rotatable bonds is 6. The van der Waals surface area contributed by atoms with Gasteiger partial charge in [0.25, 0.3) is 0 Å². The fraction of sp³-hybridized carbons (Fsp3) is 0.462. The minimum absolute atomic E-state index is 0.767. The van der Waals surface area contributed by atoms with Crippen molar-refractivity contribution in [3.05, 3.63) is 35.9 Å². The molecule has 4 nitrogen and oxygen atoms in total. The molecule has 0 bridgehead atoms. The molecule has 0 atom stereocenters. The minimum Gasteiger partial charge on any atom is -0.385 e. The second-order valence-electron chi connectivity index (χ2n) is 3.68. The van der Waals surface area contributed by atoms with Crippen LogP contribution in [0.15, 0.2) is 35.3 Å². The molecule has 0 amide bonds. The van der Waals surface area contributed by atoms with Crippen molar-refractivity contribution in [2.24, 2.45) is 4.99 Å². The highest BCUT2D eigenvalue weighted by Gasteiger charge is 1.96. The largest absolute Gasteiger partial charge is 0.385 e. The zero-order valence-electron chi connectivity index (χ0n) is 10.6. The van der Waals surface area contributed by atoms with Crippen LogP contribution < -0.4 is 10.6 Å². The van der Waals surface area contributed by atoms with E-state index in [-0.39, 0.29) is 0 Å². The monoisotopic (exact) mass is 235 g/mol. The Morgan fingerprint density at radius 1 is 1.24 bits per heavy atom. The van der Waals surface area contributed by atoms with Crippen LogP contribution in [-0.2, 0) is 11.3 Å². The number of ether oxygens (including phenoxy) is 1. The molecule has 0 radical (unpaired) electrons. The van der Waals surface area contributed by atoms with Crippen LogP contribution in [0.25, 0.3) is 0 Å². The van der Waals surface area contributed by atoms with E-state index in [4.69, 9.17) is 4.74 Å². The van der Waals surface area contributed by atoms with E-state index < -0.39 is 0 Å². The molecule has 1 rings (SSSR count). The fourth-order valence-corrected chi connectivity index (χ4v) is 1.43. The van der Waals surface area contributed by atoms with Crippen molar-refractivity contribution in [3.63, 3.8) is 0 Å². The van der Waals surface area contributed by atoms with E-state index in [1.165, 1.54) is 5.56 Å². The van der Waals surface area contributed by atoms with Crippen LogP contribution in [0.3, 0.4) is 0 Å². The number of benzene rings is 1. The van der Waals surface area contributed by atoms with Crippen molar-refractivity contribution in [3.8, 4) is 0 Å². The Morgan fingerprint density at radius 2 is 2.00 bits per heavy atom. The second-order valence-corrected chi connectivity index (χ2v) is 3.68. The first-order valence-electron chi connectivity index (χ1n) is 5.84. The summed E-state index contributed by atoms with van der Waals surface area (Å²) in [6.45, 7) is 2.41. The molecular formula is C13H21N3O. The summed E-state index contributed by atoms with van der Waals surface area (Å²) in [5.41, 5.74) is 1.24. The summed E-state index contributed by atoms with van der Waals surface area (Å²) in [6.07, 6.45) is 0.975. The Balaban J connectivity index is 2.24. The van der Waals surface area contributed by atoms with Gasteiger partial charge in [0.05, 0.1) is 0 Å². The van der Waals surface area contributed by atoms with E-state index in [0.29, 0.717) is 0 Å². The van der Waals surface area contributed by atoms with Crippen LogP contribution in [0.4, 0.5) is 0 Å². The number of methoxy groups -OCH3 is 1. The number of hydrogen-bond donors (Lipinski definition) is 2. The predicted molar refractivity (Wildman–Crippen MR) is 71.1 cm³/mol. The molecule has 0 saturated heterocycles. The van der Waals surface area contributed by atoms with Crippen LogP contribution in [-0.4, -0.2) is 33.3 Å². The molecule has 2 N–H and O–H groups in total. The van der Waals surface area contributed by atoms with E-state index in [1.807, 2.05) is 18.2 Å². The maximum absolute atomic E-state index is 4.99. The average Bonchev–Trinajstić information content (AvgIpc) is 2.39. The number of nitrogens with one attached hydrogen (secondary N) is 2. The molecule has 0 saturated carbocycles. The molecule has 94 valence electrons. The molecular weight excluding hydrogens is 214 g/mol. The summed E-state index contributed by atoms with van der Waals surface area (Å²) in [7, 11) is 3.49. The molecule has 0 aliphatic rings. The van der Waals surface area contributed by atoms with E-state index in [9.17, 15) is 0 Å². The highest BCUT2D eigenvalue weighted by Crippen LogP contribution is 1.96. The van der Waals surface area contributed by atoms with Crippen molar-refractivity contribution < 1.29 is 4.74 Å². The lowest BCUT2D eigenvalue weighted by molar-refractivity contribution is 0.195. The molecule has 1 aromatic rings. The predicted octanol–water partition coefficient (Wildman–Crippen LogP) is 1.39. The van der Waals surface area contributed by atoms with E-state index in [0.717, 1.165) is 32.1 Å². The zero-order chi connectivity index (χ0) is 12.3. The molecule has 0 heterocycles. The molecule has 0 aliphatic carbocycles. The molecule has 0 unspecified atom stereocenters. The summed E-state index contributed by atoms with van der Waals surface area (Å²) in [5.74, 6) is 0.824. The van der Waals surface area contributed by atoms with Crippen molar-refractivity contribution in [1.29, 1.82) is 0 Å². The van der Waals surface area contributed by atoms with Gasteiger partial charge in [0, 0.05) is 33.9 Å². The van der Waals surface area contributed by atoms with Gasteiger partial charge in [-0.2, -0.15) is 0 Å². The molecule has 0 aromatic heterocycles. The van der Waals surface area contributed by atoms with Crippen LogP contribution in [0.5, 0.6) is 0 Å². The Labute approximate surface area is 103 Å². The van der Waals surface area contributed by atoms with Gasteiger partial charge in [-0.3, -0.25) is 4.99 Å². The normalized spacial score (nSPS) is 11.3. The standard InChI is InChI=1S/C13H21N3O/c1-14-13(15-9-6-10-17-2)16-11-12-7-4-3-5-8-12/h3-5,7-8H,6,9-11H2,1-2H3,(H2,14,15,16). The van der Waals surface area contributed by atoms with Crippen LogP contribution >= 0.6 is 0 Å². The van der Waals surface area contributed by atoms with E-state index in [1.54, 1.807) is 14.2 Å². The van der Waals surface area contributed by atoms with Crippen molar-refractivity contribution in [1.82, 2.24) is 10.6 Å². The summed E-state index contributed by atoms with van der Waals surface area (Å²) < 4.78 is 4.99. The highest BCUT2D eigenvalue weighted by molar-refractivity contribution is 5.79. The quantitative estimate of drug-likeness (QED) is 0.445. The SMILES string of the molecule is CN=C(NCCCOC)NCc1ccccc1. The fourth-order valence-electron chi connectivity index (χ4n) is 1.43. The maximum Gasteiger partial charge on any atom is 0.191 e. The van der Waals surface area contributed by atoms with Crippen molar-refractivity contribution in [2.45, 2.75) is 13.0 Å². The van der Waals surface area contributed by atoms with Gasteiger partial charge >= 0.3 is 0 Å². The van der Waals surface area contributed by atoms with Gasteiger partial charge in [-0.25, -0.2) is 0 Å². The van der Waals surface area contributed by atoms with Gasteiger partial charge in [0.1, 0.15) is 0 Å². The van der Waals surface area contributed by atoms with Crippen LogP contribution in [0.1, 0.15) is 12.0 Å². The molecule has 0 aliphatic heterocycles. The second kappa shape index (κ2) is 8.58. The summed E-state index contributed by atoms with van der Waals surface area (Å²) in [5, 5.41) is 6.49. The Kier molecular flexibility index (Phi) is 6.82. The third-order valence-electron chi connectivity index (χ3n) is 2.34. The Morgan fingerprint density at radius 3 is 2.65 bits per heavy atom. The van der Waals surface area contributed by atoms with Gasteiger partial charge in [0.2, 0.25) is 0 Å². The van der Waals surface area contributed by atoms with Gasteiger partial charge in [-0.15, -0.1) is 0 Å². The van der Waals surface area contributed by atoms with Crippen LogP contribution in [0.2, 0.25) is 0 Å². The third-order valence-corrected chi connectivity index (χ3v) is 2.34. The summed E-state index contributed by atoms with van der Waals surface area (Å²) in [4.78, 5) is 4.15. The smallest absolute Gasteiger partial charge is 0.191 e. The van der Waals surface area contributed by atoms with E-state index >= 15 is 0 Å². The van der Waals surface area contributed by atoms with Crippen LogP contribution in [0, 0.1) is 0 Å². The lowest BCUT2D eigenvalue weighted by Gasteiger charge is -2.11. The number of nitrogens with zero attached hydrogens (tertiary/aromatic N) is 1. The average molecular weight is 235 g/mol. The van der Waals surface area contributed by atoms with E-state index in [2.05, 4.69) is 27.8 Å². The van der Waals surface area contributed by atoms with Gasteiger partial charge < -0.3 is 15.4 Å². The molecule has 1 aromatic carbocycles. The lowest BCUT2D eigenvalue weighted by atomic mass is 10.2. The number of hydrogen-bond acceptors (Lipinski definition) is 2. The molecule has 0 spiro atoms. The first-order valence-corrected chi connectivity index (χ1v) is 5.84. The first kappa shape index (κ1) is 13.5. The Bertz CT molecular complexity index is 325. The summed E-state index contributed by atoms with van der Waals surface area (Å²) in [6, 6.07) is 10.3. The summed E-state index contributed by atoms with van der Waals surface area (Å²) >= 11 is 0. The third kappa shape index (κ3) is 5.92. The molecule has 4 heteroatoms. The number of guanidine groups is 1.